The maximum Gasteiger partial charge on any atom is 0.310 e. The van der Waals surface area contributed by atoms with Crippen molar-refractivity contribution >= 4 is 11.9 Å². The van der Waals surface area contributed by atoms with Gasteiger partial charge in [-0.3, -0.25) is 14.5 Å². The van der Waals surface area contributed by atoms with Gasteiger partial charge in [0, 0.05) is 20.1 Å². The Labute approximate surface area is 115 Å². The van der Waals surface area contributed by atoms with Gasteiger partial charge in [0.05, 0.1) is 12.0 Å². The number of hydrogen-bond donors (Lipinski definition) is 1. The lowest BCUT2D eigenvalue weighted by atomic mass is 9.76. The summed E-state index contributed by atoms with van der Waals surface area (Å²) in [6.07, 6.45) is 3.14. The summed E-state index contributed by atoms with van der Waals surface area (Å²) < 4.78 is 0. The fourth-order valence-corrected chi connectivity index (χ4v) is 2.81. The van der Waals surface area contributed by atoms with Gasteiger partial charge in [-0.25, -0.2) is 0 Å². The predicted molar refractivity (Wildman–Crippen MR) is 74.0 cm³/mol. The van der Waals surface area contributed by atoms with Crippen molar-refractivity contribution in [3.63, 3.8) is 0 Å². The molecule has 1 atom stereocenters. The van der Waals surface area contributed by atoms with Crippen LogP contribution in [0.5, 0.6) is 0 Å². The van der Waals surface area contributed by atoms with Crippen LogP contribution in [0.3, 0.4) is 0 Å². The Kier molecular flexibility index (Phi) is 5.79. The Bertz CT molecular complexity index is 329. The van der Waals surface area contributed by atoms with E-state index in [1.165, 1.54) is 0 Å². The van der Waals surface area contributed by atoms with Gasteiger partial charge in [-0.05, 0) is 32.7 Å². The van der Waals surface area contributed by atoms with Gasteiger partial charge in [0.1, 0.15) is 0 Å². The topological polar surface area (TPSA) is 60.9 Å². The van der Waals surface area contributed by atoms with Gasteiger partial charge in [-0.2, -0.15) is 0 Å². The van der Waals surface area contributed by atoms with Crippen LogP contribution >= 0.6 is 0 Å². The van der Waals surface area contributed by atoms with Gasteiger partial charge in [0.2, 0.25) is 5.91 Å². The smallest absolute Gasteiger partial charge is 0.310 e. The van der Waals surface area contributed by atoms with Crippen molar-refractivity contribution in [1.29, 1.82) is 0 Å². The summed E-state index contributed by atoms with van der Waals surface area (Å²) in [5, 5.41) is 9.51. The van der Waals surface area contributed by atoms with Crippen LogP contribution in [0, 0.1) is 5.41 Å². The first-order chi connectivity index (χ1) is 8.95. The number of carboxylic acids is 1. The van der Waals surface area contributed by atoms with Crippen LogP contribution in [-0.4, -0.2) is 60.0 Å². The highest BCUT2D eigenvalue weighted by Crippen LogP contribution is 2.34. The summed E-state index contributed by atoms with van der Waals surface area (Å²) in [6, 6.07) is 0. The highest BCUT2D eigenvalue weighted by Gasteiger charge is 2.41. The second-order valence-electron chi connectivity index (χ2n) is 5.56. The molecule has 1 aliphatic rings. The molecular weight excluding hydrogens is 244 g/mol. The quantitative estimate of drug-likeness (QED) is 0.793. The number of aliphatic carboxylic acids is 1. The number of nitrogens with zero attached hydrogens (tertiary/aromatic N) is 2. The second kappa shape index (κ2) is 6.89. The summed E-state index contributed by atoms with van der Waals surface area (Å²) >= 11 is 0. The normalized spacial score (nSPS) is 24.2. The summed E-state index contributed by atoms with van der Waals surface area (Å²) in [4.78, 5) is 27.2. The van der Waals surface area contributed by atoms with Crippen molar-refractivity contribution in [3.8, 4) is 0 Å². The molecule has 0 bridgehead atoms. The molecule has 1 amide bonds. The van der Waals surface area contributed by atoms with Crippen LogP contribution in [0.1, 0.15) is 39.5 Å². The Morgan fingerprint density at radius 3 is 2.58 bits per heavy atom. The Morgan fingerprint density at radius 1 is 1.37 bits per heavy atom. The molecule has 5 nitrogen and oxygen atoms in total. The highest BCUT2D eigenvalue weighted by molar-refractivity contribution is 5.78. The zero-order chi connectivity index (χ0) is 14.5. The molecule has 0 aromatic rings. The first-order valence-corrected chi connectivity index (χ1v) is 7.15. The van der Waals surface area contributed by atoms with E-state index >= 15 is 0 Å². The third-order valence-electron chi connectivity index (χ3n) is 4.10. The number of carbonyl (C=O) groups is 2. The Hall–Kier alpha value is -1.10. The van der Waals surface area contributed by atoms with Crippen LogP contribution in [0.2, 0.25) is 0 Å². The third kappa shape index (κ3) is 3.93. The molecule has 0 saturated carbocycles. The molecule has 1 unspecified atom stereocenters. The summed E-state index contributed by atoms with van der Waals surface area (Å²) in [7, 11) is 1.78. The van der Waals surface area contributed by atoms with Gasteiger partial charge < -0.3 is 10.0 Å². The lowest BCUT2D eigenvalue weighted by Gasteiger charge is -2.40. The van der Waals surface area contributed by atoms with Crippen LogP contribution in [0.4, 0.5) is 0 Å². The van der Waals surface area contributed by atoms with Crippen LogP contribution in [0.15, 0.2) is 0 Å². The molecule has 1 heterocycles. The fraction of sp³-hybridized carbons (Fsp3) is 0.857. The summed E-state index contributed by atoms with van der Waals surface area (Å²) in [5.41, 5.74) is -0.655. The molecule has 1 saturated heterocycles. The van der Waals surface area contributed by atoms with Gasteiger partial charge >= 0.3 is 5.97 Å². The van der Waals surface area contributed by atoms with Crippen molar-refractivity contribution in [2.24, 2.45) is 5.41 Å². The van der Waals surface area contributed by atoms with Crippen molar-refractivity contribution in [2.45, 2.75) is 39.5 Å². The summed E-state index contributed by atoms with van der Waals surface area (Å²) in [5.74, 6) is -0.643. The minimum absolute atomic E-state index is 0.0696. The monoisotopic (exact) mass is 270 g/mol. The molecule has 1 fully saturated rings. The number of piperidine rings is 1. The Morgan fingerprint density at radius 2 is 2.05 bits per heavy atom. The zero-order valence-corrected chi connectivity index (χ0v) is 12.3. The number of amides is 1. The van der Waals surface area contributed by atoms with E-state index in [4.69, 9.17) is 0 Å². The maximum atomic E-state index is 11.9. The van der Waals surface area contributed by atoms with E-state index in [1.807, 2.05) is 18.7 Å². The first kappa shape index (κ1) is 16.0. The lowest BCUT2D eigenvalue weighted by molar-refractivity contribution is -0.154. The zero-order valence-electron chi connectivity index (χ0n) is 12.3. The van der Waals surface area contributed by atoms with Crippen LogP contribution in [-0.2, 0) is 9.59 Å². The third-order valence-corrected chi connectivity index (χ3v) is 4.10. The van der Waals surface area contributed by atoms with Crippen LogP contribution < -0.4 is 0 Å². The van der Waals surface area contributed by atoms with Gasteiger partial charge in [0.25, 0.3) is 0 Å². The minimum atomic E-state index is -0.713. The Balaban J connectivity index is 2.67. The number of carboxylic acid groups (broad SMARTS) is 1. The van der Waals surface area contributed by atoms with Gasteiger partial charge in [-0.1, -0.05) is 13.3 Å². The predicted octanol–water partition coefficient (Wildman–Crippen LogP) is 1.43. The maximum absolute atomic E-state index is 11.9. The van der Waals surface area contributed by atoms with E-state index in [0.717, 1.165) is 25.8 Å². The number of rotatable bonds is 6. The number of hydrogen-bond acceptors (Lipinski definition) is 3. The molecule has 110 valence electrons. The first-order valence-electron chi connectivity index (χ1n) is 7.15. The van der Waals surface area contributed by atoms with E-state index < -0.39 is 11.4 Å². The average molecular weight is 270 g/mol. The van der Waals surface area contributed by atoms with Crippen molar-refractivity contribution in [1.82, 2.24) is 9.80 Å². The molecule has 0 aliphatic carbocycles. The van der Waals surface area contributed by atoms with E-state index in [1.54, 1.807) is 11.9 Å². The largest absolute Gasteiger partial charge is 0.481 e. The molecular formula is C14H26N2O3. The second-order valence-corrected chi connectivity index (χ2v) is 5.56. The van der Waals surface area contributed by atoms with Crippen molar-refractivity contribution < 1.29 is 14.7 Å². The molecule has 19 heavy (non-hydrogen) atoms. The number of likely N-dealkylation sites (N-methyl/N-ethyl adjacent to an activating group) is 1. The number of likely N-dealkylation sites (tertiary alicyclic amines) is 1. The van der Waals surface area contributed by atoms with Gasteiger partial charge in [0.15, 0.2) is 0 Å². The fourth-order valence-electron chi connectivity index (χ4n) is 2.81. The van der Waals surface area contributed by atoms with Crippen molar-refractivity contribution in [3.05, 3.63) is 0 Å². The molecule has 0 radical (unpaired) electrons. The standard InChI is InChI=1S/C14H26N2O3/c1-4-7-14(13(18)19)8-6-9-16(11-14)10-12(17)15(3)5-2/h4-11H2,1-3H3,(H,18,19). The summed E-state index contributed by atoms with van der Waals surface area (Å²) in [6.45, 7) is 6.29. The molecule has 0 aromatic carbocycles. The van der Waals surface area contributed by atoms with Crippen molar-refractivity contribution in [2.75, 3.05) is 33.2 Å². The lowest BCUT2D eigenvalue weighted by Crippen LogP contribution is -2.50. The van der Waals surface area contributed by atoms with Crippen LogP contribution in [0.25, 0.3) is 0 Å². The molecule has 5 heteroatoms. The molecule has 0 spiro atoms. The highest BCUT2D eigenvalue weighted by atomic mass is 16.4. The SMILES string of the molecule is CCCC1(C(=O)O)CCCN(CC(=O)N(C)CC)C1. The molecule has 0 aromatic heterocycles. The van der Waals surface area contributed by atoms with E-state index in [-0.39, 0.29) is 5.91 Å². The average Bonchev–Trinajstić information content (AvgIpc) is 2.38. The molecule has 1 aliphatic heterocycles. The van der Waals surface area contributed by atoms with E-state index in [0.29, 0.717) is 26.1 Å². The molecule has 1 N–H and O–H groups in total. The van der Waals surface area contributed by atoms with Gasteiger partial charge in [-0.15, -0.1) is 0 Å². The van der Waals surface area contributed by atoms with E-state index in [9.17, 15) is 14.7 Å². The molecule has 1 rings (SSSR count). The van der Waals surface area contributed by atoms with E-state index in [2.05, 4.69) is 0 Å². The number of carbonyl (C=O) groups excluding carboxylic acids is 1. The minimum Gasteiger partial charge on any atom is -0.481 e.